The van der Waals surface area contributed by atoms with Crippen molar-refractivity contribution >= 4 is 5.91 Å². The van der Waals surface area contributed by atoms with Gasteiger partial charge in [0, 0.05) is 31.3 Å². The SMILES string of the molecule is O=C(c1cc2c(cc1F)OC(c1ccc(F)cc1F)(c1ccc(F)cc1F)O2)N1CCC(C(F)(F)F)CC1. The van der Waals surface area contributed by atoms with Gasteiger partial charge < -0.3 is 14.4 Å². The van der Waals surface area contributed by atoms with Crippen molar-refractivity contribution in [2.75, 3.05) is 13.1 Å². The van der Waals surface area contributed by atoms with Gasteiger partial charge in [0.05, 0.1) is 22.6 Å². The van der Waals surface area contributed by atoms with Crippen molar-refractivity contribution in [3.63, 3.8) is 0 Å². The molecule has 0 bridgehead atoms. The van der Waals surface area contributed by atoms with E-state index in [2.05, 4.69) is 0 Å². The minimum absolute atomic E-state index is 0.261. The van der Waals surface area contributed by atoms with Gasteiger partial charge in [-0.3, -0.25) is 4.79 Å². The average molecular weight is 543 g/mol. The molecule has 2 aliphatic rings. The highest BCUT2D eigenvalue weighted by atomic mass is 19.4. The quantitative estimate of drug-likeness (QED) is 0.356. The van der Waals surface area contributed by atoms with Gasteiger partial charge in [-0.1, -0.05) is 0 Å². The zero-order chi connectivity index (χ0) is 27.4. The Kier molecular flexibility index (Phi) is 6.23. The predicted molar refractivity (Wildman–Crippen MR) is 116 cm³/mol. The minimum Gasteiger partial charge on any atom is -0.440 e. The maximum absolute atomic E-state index is 15.0. The Morgan fingerprint density at radius 1 is 0.763 bits per heavy atom. The zero-order valence-corrected chi connectivity index (χ0v) is 19.2. The number of amides is 1. The number of hydrogen-bond acceptors (Lipinski definition) is 3. The first-order valence-electron chi connectivity index (χ1n) is 11.4. The molecular weight excluding hydrogens is 526 g/mol. The van der Waals surface area contributed by atoms with Crippen molar-refractivity contribution in [1.29, 1.82) is 0 Å². The molecule has 3 aromatic rings. The molecule has 2 heterocycles. The molecule has 1 saturated heterocycles. The Morgan fingerprint density at radius 3 is 1.74 bits per heavy atom. The molecular formula is C26H17F8NO3. The van der Waals surface area contributed by atoms with Crippen LogP contribution in [0, 0.1) is 35.0 Å². The summed E-state index contributed by atoms with van der Waals surface area (Å²) < 4.78 is 122. The van der Waals surface area contributed by atoms with Crippen molar-refractivity contribution < 1.29 is 49.4 Å². The van der Waals surface area contributed by atoms with Crippen molar-refractivity contribution in [2.45, 2.75) is 24.8 Å². The van der Waals surface area contributed by atoms with Crippen molar-refractivity contribution in [3.8, 4) is 11.5 Å². The molecule has 4 nitrogen and oxygen atoms in total. The fourth-order valence-corrected chi connectivity index (χ4v) is 4.65. The Bertz CT molecular complexity index is 1360. The van der Waals surface area contributed by atoms with Gasteiger partial charge in [0.2, 0.25) is 0 Å². The smallest absolute Gasteiger partial charge is 0.391 e. The number of hydrogen-bond donors (Lipinski definition) is 0. The van der Waals surface area contributed by atoms with Crippen LogP contribution in [0.5, 0.6) is 11.5 Å². The fourth-order valence-electron chi connectivity index (χ4n) is 4.65. The maximum atomic E-state index is 15.0. The Labute approximate surface area is 210 Å². The first-order chi connectivity index (χ1) is 17.9. The van der Waals surface area contributed by atoms with Gasteiger partial charge in [-0.25, -0.2) is 22.0 Å². The number of carbonyl (C=O) groups excluding carboxylic acids is 1. The largest absolute Gasteiger partial charge is 0.440 e. The summed E-state index contributed by atoms with van der Waals surface area (Å²) in [6, 6.07) is 6.11. The molecule has 0 N–H and O–H groups in total. The van der Waals surface area contributed by atoms with Crippen LogP contribution in [0.3, 0.4) is 0 Å². The molecule has 0 saturated carbocycles. The normalized spacial score (nSPS) is 17.1. The lowest BCUT2D eigenvalue weighted by atomic mass is 9.95. The number of alkyl halides is 3. The van der Waals surface area contributed by atoms with Crippen LogP contribution in [0.4, 0.5) is 35.1 Å². The third-order valence-corrected chi connectivity index (χ3v) is 6.59. The maximum Gasteiger partial charge on any atom is 0.391 e. The highest BCUT2D eigenvalue weighted by molar-refractivity contribution is 5.95. The van der Waals surface area contributed by atoms with Gasteiger partial charge in [0.15, 0.2) is 11.5 Å². The van der Waals surface area contributed by atoms with Gasteiger partial charge in [0.1, 0.15) is 29.1 Å². The van der Waals surface area contributed by atoms with Crippen LogP contribution in [-0.2, 0) is 5.79 Å². The second-order valence-corrected chi connectivity index (χ2v) is 8.96. The number of rotatable bonds is 3. The third kappa shape index (κ3) is 4.41. The fraction of sp³-hybridized carbons (Fsp3) is 0.269. The van der Waals surface area contributed by atoms with Crippen LogP contribution < -0.4 is 9.47 Å². The predicted octanol–water partition coefficient (Wildman–Crippen LogP) is 6.47. The van der Waals surface area contributed by atoms with Crippen molar-refractivity contribution in [2.24, 2.45) is 5.92 Å². The van der Waals surface area contributed by atoms with E-state index < -0.39 is 69.6 Å². The van der Waals surface area contributed by atoms with Crippen LogP contribution in [0.15, 0.2) is 48.5 Å². The first-order valence-corrected chi connectivity index (χ1v) is 11.4. The van der Waals surface area contributed by atoms with Gasteiger partial charge in [-0.2, -0.15) is 13.2 Å². The molecule has 0 unspecified atom stereocenters. The molecule has 5 rings (SSSR count). The highest BCUT2D eigenvalue weighted by Crippen LogP contribution is 2.50. The summed E-state index contributed by atoms with van der Waals surface area (Å²) in [5.74, 6) is -11.2. The molecule has 0 aliphatic carbocycles. The topological polar surface area (TPSA) is 38.8 Å². The van der Waals surface area contributed by atoms with Gasteiger partial charge >= 0.3 is 12.0 Å². The van der Waals surface area contributed by atoms with Crippen LogP contribution in [0.2, 0.25) is 0 Å². The van der Waals surface area contributed by atoms with E-state index in [1.165, 1.54) is 0 Å². The van der Waals surface area contributed by atoms with Crippen LogP contribution in [-0.4, -0.2) is 30.1 Å². The lowest BCUT2D eigenvalue weighted by Crippen LogP contribution is -2.42. The summed E-state index contributed by atoms with van der Waals surface area (Å²) in [7, 11) is 0. The van der Waals surface area contributed by atoms with E-state index in [1.807, 2.05) is 0 Å². The standard InChI is InChI=1S/C26H17F8NO3/c27-14-1-3-17(20(30)9-14)25(18-4-2-15(28)10-21(18)31)37-22-11-16(19(29)12-23(22)38-25)24(36)35-7-5-13(6-8-35)26(32,33)34/h1-4,9-13H,5-8H2. The number of halogens is 8. The summed E-state index contributed by atoms with van der Waals surface area (Å²) in [5.41, 5.74) is -1.61. The summed E-state index contributed by atoms with van der Waals surface area (Å²) in [6.07, 6.45) is -5.11. The second kappa shape index (κ2) is 9.17. The van der Waals surface area contributed by atoms with E-state index in [-0.39, 0.29) is 37.4 Å². The molecule has 2 aliphatic heterocycles. The van der Waals surface area contributed by atoms with E-state index in [0.29, 0.717) is 12.1 Å². The molecule has 0 radical (unpaired) electrons. The molecule has 3 aromatic carbocycles. The van der Waals surface area contributed by atoms with Gasteiger partial charge in [-0.05, 0) is 43.2 Å². The molecule has 0 spiro atoms. The van der Waals surface area contributed by atoms with E-state index in [9.17, 15) is 35.5 Å². The third-order valence-electron chi connectivity index (χ3n) is 6.59. The number of nitrogens with zero attached hydrogens (tertiary/aromatic N) is 1. The van der Waals surface area contributed by atoms with Gasteiger partial charge in [-0.15, -0.1) is 0 Å². The number of piperidine rings is 1. The van der Waals surface area contributed by atoms with Crippen LogP contribution in [0.25, 0.3) is 0 Å². The molecule has 12 heteroatoms. The first kappa shape index (κ1) is 25.8. The van der Waals surface area contributed by atoms with E-state index >= 15 is 4.39 Å². The number of ether oxygens (including phenoxy) is 2. The lowest BCUT2D eigenvalue weighted by molar-refractivity contribution is -0.183. The van der Waals surface area contributed by atoms with E-state index in [4.69, 9.17) is 9.47 Å². The average Bonchev–Trinajstić information content (AvgIpc) is 3.21. The number of carbonyl (C=O) groups is 1. The van der Waals surface area contributed by atoms with Crippen LogP contribution in [0.1, 0.15) is 34.3 Å². The Balaban J connectivity index is 1.52. The van der Waals surface area contributed by atoms with E-state index in [1.54, 1.807) is 0 Å². The molecule has 1 amide bonds. The molecule has 38 heavy (non-hydrogen) atoms. The van der Waals surface area contributed by atoms with Gasteiger partial charge in [0.25, 0.3) is 5.91 Å². The second-order valence-electron chi connectivity index (χ2n) is 8.96. The Hall–Kier alpha value is -3.83. The van der Waals surface area contributed by atoms with E-state index in [0.717, 1.165) is 41.3 Å². The van der Waals surface area contributed by atoms with Crippen molar-refractivity contribution in [1.82, 2.24) is 4.90 Å². The molecule has 1 fully saturated rings. The molecule has 0 aromatic heterocycles. The number of benzene rings is 3. The minimum atomic E-state index is -4.41. The molecule has 200 valence electrons. The lowest BCUT2D eigenvalue weighted by Gasteiger charge is -2.33. The van der Waals surface area contributed by atoms with Crippen LogP contribution >= 0.6 is 0 Å². The number of fused-ring (bicyclic) bond motifs is 1. The summed E-state index contributed by atoms with van der Waals surface area (Å²) in [5, 5.41) is 0. The summed E-state index contributed by atoms with van der Waals surface area (Å²) in [6.45, 7) is -0.523. The Morgan fingerprint density at radius 2 is 1.26 bits per heavy atom. The summed E-state index contributed by atoms with van der Waals surface area (Å²) in [4.78, 5) is 14.0. The highest BCUT2D eigenvalue weighted by Gasteiger charge is 2.50. The summed E-state index contributed by atoms with van der Waals surface area (Å²) >= 11 is 0. The zero-order valence-electron chi connectivity index (χ0n) is 19.2. The number of likely N-dealkylation sites (tertiary alicyclic amines) is 1. The van der Waals surface area contributed by atoms with Crippen molar-refractivity contribution in [3.05, 3.63) is 94.3 Å². The molecule has 0 atom stereocenters. The monoisotopic (exact) mass is 543 g/mol.